The third kappa shape index (κ3) is 2.29. The predicted octanol–water partition coefficient (Wildman–Crippen LogP) is 1.27. The van der Waals surface area contributed by atoms with Crippen LogP contribution < -0.4 is 5.32 Å². The number of allylic oxidation sites excluding steroid dienone is 1. The summed E-state index contributed by atoms with van der Waals surface area (Å²) in [4.78, 5) is 14.2. The first-order valence-electron chi connectivity index (χ1n) is 6.34. The van der Waals surface area contributed by atoms with Gasteiger partial charge in [0, 0.05) is 19.0 Å². The molecule has 0 aliphatic carbocycles. The molecular weight excluding hydrogens is 200 g/mol. The Labute approximate surface area is 97.9 Å². The van der Waals surface area contributed by atoms with Crippen LogP contribution in [-0.4, -0.2) is 37.0 Å². The Morgan fingerprint density at radius 3 is 2.50 bits per heavy atom. The Bertz CT molecular complexity index is 265. The Balaban J connectivity index is 1.83. The largest absolute Gasteiger partial charge is 0.342 e. The van der Waals surface area contributed by atoms with Gasteiger partial charge in [-0.3, -0.25) is 4.79 Å². The van der Waals surface area contributed by atoms with Crippen LogP contribution in [0.5, 0.6) is 0 Å². The molecule has 2 heterocycles. The highest BCUT2D eigenvalue weighted by Crippen LogP contribution is 2.23. The summed E-state index contributed by atoms with van der Waals surface area (Å²) >= 11 is 0. The highest BCUT2D eigenvalue weighted by Gasteiger charge is 2.32. The van der Waals surface area contributed by atoms with Crippen LogP contribution in [0.15, 0.2) is 12.7 Å². The minimum absolute atomic E-state index is 0.196. The van der Waals surface area contributed by atoms with E-state index < -0.39 is 0 Å². The number of amides is 1. The molecule has 2 aliphatic rings. The second kappa shape index (κ2) is 5.00. The average molecular weight is 222 g/mol. The minimum Gasteiger partial charge on any atom is -0.342 e. The van der Waals surface area contributed by atoms with Crippen molar-refractivity contribution in [2.75, 3.05) is 26.2 Å². The summed E-state index contributed by atoms with van der Waals surface area (Å²) in [7, 11) is 0. The van der Waals surface area contributed by atoms with Gasteiger partial charge in [0.1, 0.15) is 0 Å². The van der Waals surface area contributed by atoms with Crippen LogP contribution >= 0.6 is 0 Å². The van der Waals surface area contributed by atoms with Crippen LogP contribution in [0, 0.1) is 17.8 Å². The first-order chi connectivity index (χ1) is 7.72. The number of likely N-dealkylation sites (tertiary alicyclic amines) is 1. The molecule has 0 bridgehead atoms. The molecule has 2 saturated heterocycles. The molecule has 0 radical (unpaired) electrons. The van der Waals surface area contributed by atoms with Crippen molar-refractivity contribution in [2.45, 2.75) is 19.8 Å². The molecule has 2 aliphatic heterocycles. The second-order valence-electron chi connectivity index (χ2n) is 5.11. The first kappa shape index (κ1) is 11.6. The third-order valence-corrected chi connectivity index (χ3v) is 4.09. The Hall–Kier alpha value is -0.830. The summed E-state index contributed by atoms with van der Waals surface area (Å²) in [5.74, 6) is 1.73. The zero-order valence-corrected chi connectivity index (χ0v) is 10.1. The molecule has 3 nitrogen and oxygen atoms in total. The number of nitrogens with zero attached hydrogens (tertiary/aromatic N) is 1. The van der Waals surface area contributed by atoms with Crippen molar-refractivity contribution >= 4 is 5.91 Å². The van der Waals surface area contributed by atoms with Gasteiger partial charge in [0.15, 0.2) is 0 Å². The quantitative estimate of drug-likeness (QED) is 0.729. The molecule has 1 amide bonds. The smallest absolute Gasteiger partial charge is 0.225 e. The maximum absolute atomic E-state index is 12.2. The Kier molecular flexibility index (Phi) is 3.64. The van der Waals surface area contributed by atoms with E-state index in [0.717, 1.165) is 39.0 Å². The molecule has 1 unspecified atom stereocenters. The molecule has 0 aromatic heterocycles. The lowest BCUT2D eigenvalue weighted by molar-refractivity contribution is -0.138. The van der Waals surface area contributed by atoms with E-state index in [0.29, 0.717) is 17.7 Å². The number of rotatable bonds is 3. The molecule has 1 N–H and O–H groups in total. The van der Waals surface area contributed by atoms with Crippen LogP contribution in [0.25, 0.3) is 0 Å². The highest BCUT2D eigenvalue weighted by atomic mass is 16.2. The number of carbonyl (C=O) groups excluding carboxylic acids is 1. The second-order valence-corrected chi connectivity index (χ2v) is 5.11. The Morgan fingerprint density at radius 1 is 1.44 bits per heavy atom. The fraction of sp³-hybridized carbons (Fsp3) is 0.769. The van der Waals surface area contributed by atoms with Crippen LogP contribution in [-0.2, 0) is 4.79 Å². The fourth-order valence-corrected chi connectivity index (χ4v) is 2.51. The van der Waals surface area contributed by atoms with Crippen molar-refractivity contribution in [1.82, 2.24) is 10.2 Å². The summed E-state index contributed by atoms with van der Waals surface area (Å²) < 4.78 is 0. The van der Waals surface area contributed by atoms with Gasteiger partial charge in [-0.05, 0) is 37.8 Å². The summed E-state index contributed by atoms with van der Waals surface area (Å²) in [6.07, 6.45) is 4.21. The predicted molar refractivity (Wildman–Crippen MR) is 65.0 cm³/mol. The van der Waals surface area contributed by atoms with Crippen LogP contribution in [0.2, 0.25) is 0 Å². The summed E-state index contributed by atoms with van der Waals surface area (Å²) in [5.41, 5.74) is 0. The monoisotopic (exact) mass is 222 g/mol. The normalized spacial score (nSPS) is 24.9. The lowest BCUT2D eigenvalue weighted by atomic mass is 9.87. The van der Waals surface area contributed by atoms with E-state index in [2.05, 4.69) is 18.8 Å². The van der Waals surface area contributed by atoms with Crippen molar-refractivity contribution in [3.8, 4) is 0 Å². The number of hydrogen-bond donors (Lipinski definition) is 1. The lowest BCUT2D eigenvalue weighted by Crippen LogP contribution is -2.51. The molecule has 0 spiro atoms. The van der Waals surface area contributed by atoms with Crippen molar-refractivity contribution in [3.05, 3.63) is 12.7 Å². The first-order valence-corrected chi connectivity index (χ1v) is 6.34. The molecule has 2 fully saturated rings. The van der Waals surface area contributed by atoms with Crippen molar-refractivity contribution in [3.63, 3.8) is 0 Å². The molecule has 90 valence electrons. The van der Waals surface area contributed by atoms with Gasteiger partial charge in [0.2, 0.25) is 5.91 Å². The van der Waals surface area contributed by atoms with E-state index in [1.807, 2.05) is 11.0 Å². The van der Waals surface area contributed by atoms with E-state index >= 15 is 0 Å². The third-order valence-electron chi connectivity index (χ3n) is 4.09. The maximum Gasteiger partial charge on any atom is 0.225 e. The standard InChI is InChI=1S/C13H22N2O/c1-3-11-4-6-15(7-5-11)13(16)10(2)12-8-14-9-12/h3,10-12,14H,1,4-9H2,2H3. The zero-order chi connectivity index (χ0) is 11.5. The van der Waals surface area contributed by atoms with Crippen LogP contribution in [0.3, 0.4) is 0 Å². The highest BCUT2D eigenvalue weighted by molar-refractivity contribution is 5.79. The van der Waals surface area contributed by atoms with Gasteiger partial charge in [-0.15, -0.1) is 6.58 Å². The van der Waals surface area contributed by atoms with Gasteiger partial charge in [0.25, 0.3) is 0 Å². The van der Waals surface area contributed by atoms with Crippen LogP contribution in [0.4, 0.5) is 0 Å². The van der Waals surface area contributed by atoms with Gasteiger partial charge in [-0.1, -0.05) is 13.0 Å². The SMILES string of the molecule is C=CC1CCN(C(=O)C(C)C2CNC2)CC1. The number of hydrogen-bond acceptors (Lipinski definition) is 2. The fourth-order valence-electron chi connectivity index (χ4n) is 2.51. The van der Waals surface area contributed by atoms with Crippen molar-refractivity contribution in [2.24, 2.45) is 17.8 Å². The van der Waals surface area contributed by atoms with E-state index in [9.17, 15) is 4.79 Å². The molecule has 0 aromatic carbocycles. The van der Waals surface area contributed by atoms with Gasteiger partial charge in [0.05, 0.1) is 0 Å². The van der Waals surface area contributed by atoms with E-state index in [1.165, 1.54) is 0 Å². The number of carbonyl (C=O) groups is 1. The molecule has 0 aromatic rings. The summed E-state index contributed by atoms with van der Waals surface area (Å²) in [5, 5.41) is 3.23. The van der Waals surface area contributed by atoms with Crippen molar-refractivity contribution in [1.29, 1.82) is 0 Å². The summed E-state index contributed by atoms with van der Waals surface area (Å²) in [6.45, 7) is 9.76. The van der Waals surface area contributed by atoms with E-state index in [1.54, 1.807) is 0 Å². The van der Waals surface area contributed by atoms with Gasteiger partial charge in [-0.2, -0.15) is 0 Å². The molecule has 0 saturated carbocycles. The lowest BCUT2D eigenvalue weighted by Gasteiger charge is -2.37. The Morgan fingerprint density at radius 2 is 2.06 bits per heavy atom. The average Bonchev–Trinajstić information content (AvgIpc) is 2.26. The van der Waals surface area contributed by atoms with Crippen LogP contribution in [0.1, 0.15) is 19.8 Å². The molecule has 2 rings (SSSR count). The topological polar surface area (TPSA) is 32.3 Å². The minimum atomic E-state index is 0.196. The molecular formula is C13H22N2O. The number of piperidine rings is 1. The zero-order valence-electron chi connectivity index (χ0n) is 10.1. The van der Waals surface area contributed by atoms with Gasteiger partial charge >= 0.3 is 0 Å². The van der Waals surface area contributed by atoms with E-state index in [4.69, 9.17) is 0 Å². The van der Waals surface area contributed by atoms with Gasteiger partial charge < -0.3 is 10.2 Å². The molecule has 16 heavy (non-hydrogen) atoms. The summed E-state index contributed by atoms with van der Waals surface area (Å²) in [6, 6.07) is 0. The maximum atomic E-state index is 12.2. The van der Waals surface area contributed by atoms with Gasteiger partial charge in [-0.25, -0.2) is 0 Å². The number of nitrogens with one attached hydrogen (secondary N) is 1. The molecule has 3 heteroatoms. The molecule has 1 atom stereocenters. The van der Waals surface area contributed by atoms with E-state index in [-0.39, 0.29) is 5.92 Å². The van der Waals surface area contributed by atoms with Crippen molar-refractivity contribution < 1.29 is 4.79 Å².